The zero-order valence-corrected chi connectivity index (χ0v) is 6.65. The number of aromatic hydroxyl groups is 1. The Bertz CT molecular complexity index is 295. The summed E-state index contributed by atoms with van der Waals surface area (Å²) in [6.07, 6.45) is -4.42. The molecule has 0 aliphatic rings. The lowest BCUT2D eigenvalue weighted by Crippen LogP contribution is -2.03. The number of hydrogen-bond donors (Lipinski definition) is 2. The highest BCUT2D eigenvalue weighted by Crippen LogP contribution is 2.33. The molecule has 5 heteroatoms. The number of benzene rings is 1. The highest BCUT2D eigenvalue weighted by Gasteiger charge is 2.30. The van der Waals surface area contributed by atoms with Crippen molar-refractivity contribution in [3.63, 3.8) is 0 Å². The third kappa shape index (κ3) is 1.85. The van der Waals surface area contributed by atoms with Crippen LogP contribution >= 0.6 is 12.6 Å². The maximum Gasteiger partial charge on any atom is 0.416 e. The lowest BCUT2D eigenvalue weighted by atomic mass is 10.2. The van der Waals surface area contributed by atoms with Crippen molar-refractivity contribution in [2.24, 2.45) is 0 Å². The van der Waals surface area contributed by atoms with Crippen molar-refractivity contribution >= 4 is 12.6 Å². The maximum atomic E-state index is 12.0. The Hall–Kier alpha value is -0.840. The molecule has 1 aromatic carbocycles. The van der Waals surface area contributed by atoms with Crippen LogP contribution in [0.1, 0.15) is 5.56 Å². The number of alkyl halides is 3. The predicted octanol–water partition coefficient (Wildman–Crippen LogP) is 2.70. The first kappa shape index (κ1) is 9.25. The summed E-state index contributed by atoms with van der Waals surface area (Å²) in [5, 5.41) is 8.89. The van der Waals surface area contributed by atoms with Crippen LogP contribution in [0.3, 0.4) is 0 Å². The number of halogens is 3. The van der Waals surface area contributed by atoms with Gasteiger partial charge >= 0.3 is 6.18 Å². The number of thiol groups is 1. The molecule has 12 heavy (non-hydrogen) atoms. The van der Waals surface area contributed by atoms with Gasteiger partial charge in [0, 0.05) is 4.90 Å². The van der Waals surface area contributed by atoms with Crippen LogP contribution in [0.15, 0.2) is 23.1 Å². The summed E-state index contributed by atoms with van der Waals surface area (Å²) < 4.78 is 35.9. The smallest absolute Gasteiger partial charge is 0.416 e. The minimum Gasteiger partial charge on any atom is -0.507 e. The normalized spacial score (nSPS) is 11.7. The monoisotopic (exact) mass is 194 g/mol. The van der Waals surface area contributed by atoms with E-state index in [0.717, 1.165) is 12.1 Å². The quantitative estimate of drug-likeness (QED) is 0.608. The molecule has 1 nitrogen and oxygen atoms in total. The van der Waals surface area contributed by atoms with Gasteiger partial charge in [0.05, 0.1) is 5.56 Å². The molecule has 0 heterocycles. The highest BCUT2D eigenvalue weighted by atomic mass is 32.1. The molecule has 0 saturated carbocycles. The van der Waals surface area contributed by atoms with Crippen molar-refractivity contribution in [3.8, 4) is 5.75 Å². The Labute approximate surface area is 72.2 Å². The van der Waals surface area contributed by atoms with Crippen LogP contribution in [0.4, 0.5) is 13.2 Å². The first-order chi connectivity index (χ1) is 5.41. The van der Waals surface area contributed by atoms with Crippen molar-refractivity contribution in [2.75, 3.05) is 0 Å². The van der Waals surface area contributed by atoms with Crippen molar-refractivity contribution in [2.45, 2.75) is 11.1 Å². The average Bonchev–Trinajstić information content (AvgIpc) is 1.92. The van der Waals surface area contributed by atoms with E-state index < -0.39 is 17.5 Å². The predicted molar refractivity (Wildman–Crippen MR) is 40.4 cm³/mol. The SMILES string of the molecule is Oc1cc(C(F)(F)F)ccc1S. The topological polar surface area (TPSA) is 20.2 Å². The summed E-state index contributed by atoms with van der Waals surface area (Å²) in [5.41, 5.74) is -0.877. The average molecular weight is 194 g/mol. The molecule has 0 radical (unpaired) electrons. The van der Waals surface area contributed by atoms with E-state index in [1.54, 1.807) is 0 Å². The first-order valence-electron chi connectivity index (χ1n) is 3.00. The summed E-state index contributed by atoms with van der Waals surface area (Å²) in [4.78, 5) is 0.128. The van der Waals surface area contributed by atoms with E-state index in [2.05, 4.69) is 12.6 Å². The number of rotatable bonds is 0. The van der Waals surface area contributed by atoms with Crippen molar-refractivity contribution in [1.82, 2.24) is 0 Å². The van der Waals surface area contributed by atoms with Gasteiger partial charge < -0.3 is 5.11 Å². The lowest BCUT2D eigenvalue weighted by molar-refractivity contribution is -0.137. The molecule has 0 spiro atoms. The van der Waals surface area contributed by atoms with E-state index >= 15 is 0 Å². The Morgan fingerprint density at radius 2 is 1.83 bits per heavy atom. The molecule has 0 unspecified atom stereocenters. The molecule has 1 N–H and O–H groups in total. The van der Waals surface area contributed by atoms with E-state index in [1.807, 2.05) is 0 Å². The second-order valence-corrected chi connectivity index (χ2v) is 2.68. The number of hydrogen-bond acceptors (Lipinski definition) is 2. The molecule has 1 rings (SSSR count). The minimum absolute atomic E-state index is 0.128. The Morgan fingerprint density at radius 3 is 2.25 bits per heavy atom. The van der Waals surface area contributed by atoms with Crippen LogP contribution in [0.2, 0.25) is 0 Å². The molecule has 0 bridgehead atoms. The molecular formula is C7H5F3OS. The molecular weight excluding hydrogens is 189 g/mol. The standard InChI is InChI=1S/C7H5F3OS/c8-7(9,10)4-1-2-6(12)5(11)3-4/h1-3,11-12H. The van der Waals surface area contributed by atoms with Gasteiger partial charge in [0.25, 0.3) is 0 Å². The largest absolute Gasteiger partial charge is 0.507 e. The summed E-state index contributed by atoms with van der Waals surface area (Å²) >= 11 is 3.72. The molecule has 1 aromatic rings. The van der Waals surface area contributed by atoms with Crippen LogP contribution in [0, 0.1) is 0 Å². The second-order valence-electron chi connectivity index (χ2n) is 2.20. The van der Waals surface area contributed by atoms with Crippen LogP contribution in [0.25, 0.3) is 0 Å². The molecule has 0 atom stereocenters. The van der Waals surface area contributed by atoms with Crippen LogP contribution < -0.4 is 0 Å². The number of phenolic OH excluding ortho intramolecular Hbond substituents is 1. The first-order valence-corrected chi connectivity index (χ1v) is 3.45. The fourth-order valence-corrected chi connectivity index (χ4v) is 0.839. The Morgan fingerprint density at radius 1 is 1.25 bits per heavy atom. The summed E-state index contributed by atoms with van der Waals surface area (Å²) in [5.74, 6) is -0.465. The van der Waals surface area contributed by atoms with E-state index in [4.69, 9.17) is 5.11 Å². The zero-order chi connectivity index (χ0) is 9.35. The third-order valence-corrected chi connectivity index (χ3v) is 1.68. The van der Waals surface area contributed by atoms with Crippen molar-refractivity contribution in [3.05, 3.63) is 23.8 Å². The van der Waals surface area contributed by atoms with Crippen LogP contribution in [-0.4, -0.2) is 5.11 Å². The minimum atomic E-state index is -4.42. The van der Waals surface area contributed by atoms with E-state index in [-0.39, 0.29) is 4.90 Å². The van der Waals surface area contributed by atoms with Gasteiger partial charge in [-0.2, -0.15) is 13.2 Å². The Balaban J connectivity index is 3.14. The van der Waals surface area contributed by atoms with Crippen LogP contribution in [0.5, 0.6) is 5.75 Å². The van der Waals surface area contributed by atoms with Gasteiger partial charge in [0.15, 0.2) is 0 Å². The van der Waals surface area contributed by atoms with Gasteiger partial charge in [-0.25, -0.2) is 0 Å². The number of phenols is 1. The van der Waals surface area contributed by atoms with Crippen LogP contribution in [-0.2, 0) is 6.18 Å². The fraction of sp³-hybridized carbons (Fsp3) is 0.143. The van der Waals surface area contributed by atoms with Crippen molar-refractivity contribution in [1.29, 1.82) is 0 Å². The lowest BCUT2D eigenvalue weighted by Gasteiger charge is -2.06. The van der Waals surface area contributed by atoms with E-state index in [9.17, 15) is 13.2 Å². The summed E-state index contributed by atoms with van der Waals surface area (Å²) in [6, 6.07) is 2.60. The molecule has 0 amide bonds. The van der Waals surface area contributed by atoms with Gasteiger partial charge in [-0.05, 0) is 18.2 Å². The second kappa shape index (κ2) is 2.90. The van der Waals surface area contributed by atoms with Crippen molar-refractivity contribution < 1.29 is 18.3 Å². The molecule has 0 fully saturated rings. The van der Waals surface area contributed by atoms with Gasteiger partial charge in [0.2, 0.25) is 0 Å². The molecule has 0 aromatic heterocycles. The fourth-order valence-electron chi connectivity index (χ4n) is 0.700. The van der Waals surface area contributed by atoms with Gasteiger partial charge in [-0.3, -0.25) is 0 Å². The van der Waals surface area contributed by atoms with E-state index in [1.165, 1.54) is 0 Å². The van der Waals surface area contributed by atoms with E-state index in [0.29, 0.717) is 6.07 Å². The molecule has 0 aliphatic carbocycles. The highest BCUT2D eigenvalue weighted by molar-refractivity contribution is 7.80. The van der Waals surface area contributed by atoms with Gasteiger partial charge in [0.1, 0.15) is 5.75 Å². The molecule has 0 saturated heterocycles. The summed E-state index contributed by atoms with van der Waals surface area (Å²) in [7, 11) is 0. The molecule has 0 aliphatic heterocycles. The van der Waals surface area contributed by atoms with Gasteiger partial charge in [-0.1, -0.05) is 0 Å². The Kier molecular flexibility index (Phi) is 2.23. The summed E-state index contributed by atoms with van der Waals surface area (Å²) in [6.45, 7) is 0. The van der Waals surface area contributed by atoms with Gasteiger partial charge in [-0.15, -0.1) is 12.6 Å². The third-order valence-electron chi connectivity index (χ3n) is 1.30. The maximum absolute atomic E-state index is 12.0. The molecule has 66 valence electrons. The zero-order valence-electron chi connectivity index (χ0n) is 5.76.